The summed E-state index contributed by atoms with van der Waals surface area (Å²) in [4.78, 5) is 4.05. The minimum atomic E-state index is 0.367. The van der Waals surface area contributed by atoms with Gasteiger partial charge in [-0.2, -0.15) is 0 Å². The lowest BCUT2D eigenvalue weighted by Gasteiger charge is -2.40. The maximum Gasteiger partial charge on any atom is 0.0334 e. The van der Waals surface area contributed by atoms with Crippen LogP contribution in [0.15, 0.2) is 17.5 Å². The van der Waals surface area contributed by atoms with Crippen molar-refractivity contribution in [2.75, 3.05) is 0 Å². The van der Waals surface area contributed by atoms with Gasteiger partial charge in [0.05, 0.1) is 0 Å². The van der Waals surface area contributed by atoms with Crippen molar-refractivity contribution in [3.63, 3.8) is 0 Å². The molecule has 1 saturated carbocycles. The van der Waals surface area contributed by atoms with Crippen molar-refractivity contribution in [2.45, 2.75) is 64.2 Å². The Hall–Kier alpha value is -0.380. The van der Waals surface area contributed by atoms with Gasteiger partial charge in [0.25, 0.3) is 0 Å². The Kier molecular flexibility index (Phi) is 4.60. The monoisotopic (exact) mass is 252 g/mol. The fraction of sp³-hybridized carbons (Fsp3) is 0.714. The molecule has 0 aliphatic heterocycles. The summed E-state index contributed by atoms with van der Waals surface area (Å²) in [6.07, 6.45) is 5.11. The van der Waals surface area contributed by atoms with E-state index < -0.39 is 0 Å². The van der Waals surface area contributed by atoms with E-state index >= 15 is 0 Å². The zero-order chi connectivity index (χ0) is 12.3. The van der Waals surface area contributed by atoms with Crippen molar-refractivity contribution in [2.24, 2.45) is 5.73 Å². The molecule has 1 fully saturated rings. The molecular formula is C14H24N2S. The van der Waals surface area contributed by atoms with E-state index in [-0.39, 0.29) is 0 Å². The lowest BCUT2D eigenvalue weighted by Crippen LogP contribution is -2.51. The Bertz CT molecular complexity index is 321. The van der Waals surface area contributed by atoms with Crippen LogP contribution in [0.3, 0.4) is 0 Å². The van der Waals surface area contributed by atoms with E-state index in [1.807, 2.05) is 11.3 Å². The van der Waals surface area contributed by atoms with Crippen LogP contribution >= 0.6 is 11.3 Å². The molecule has 1 aromatic rings. The van der Waals surface area contributed by atoms with E-state index in [4.69, 9.17) is 5.73 Å². The quantitative estimate of drug-likeness (QED) is 0.891. The van der Waals surface area contributed by atoms with Crippen molar-refractivity contribution in [3.8, 4) is 0 Å². The van der Waals surface area contributed by atoms with Crippen LogP contribution in [-0.2, 0) is 6.54 Å². The number of rotatable bonds is 4. The van der Waals surface area contributed by atoms with Crippen LogP contribution in [0.2, 0.25) is 0 Å². The van der Waals surface area contributed by atoms with Gasteiger partial charge in [-0.15, -0.1) is 11.3 Å². The smallest absolute Gasteiger partial charge is 0.0334 e. The minimum Gasteiger partial charge on any atom is -0.326 e. The molecule has 0 aromatic carbocycles. The third-order valence-electron chi connectivity index (χ3n) is 3.79. The summed E-state index contributed by atoms with van der Waals surface area (Å²) in [5, 5.41) is 2.16. The first kappa shape index (κ1) is 13.1. The van der Waals surface area contributed by atoms with Gasteiger partial charge in [0, 0.05) is 29.5 Å². The van der Waals surface area contributed by atoms with Crippen molar-refractivity contribution in [1.29, 1.82) is 0 Å². The Balaban J connectivity index is 2.05. The van der Waals surface area contributed by atoms with Gasteiger partial charge in [0.15, 0.2) is 0 Å². The summed E-state index contributed by atoms with van der Waals surface area (Å²) in [7, 11) is 0. The van der Waals surface area contributed by atoms with E-state index in [2.05, 4.69) is 36.3 Å². The maximum atomic E-state index is 6.31. The molecule has 0 bridgehead atoms. The van der Waals surface area contributed by atoms with Gasteiger partial charge in [-0.3, -0.25) is 4.90 Å². The molecule has 2 N–H and O–H groups in total. The first-order chi connectivity index (χ1) is 8.18. The second-order valence-corrected chi connectivity index (χ2v) is 6.39. The van der Waals surface area contributed by atoms with Gasteiger partial charge in [0.2, 0.25) is 0 Å². The van der Waals surface area contributed by atoms with E-state index in [0.717, 1.165) is 6.54 Å². The summed E-state index contributed by atoms with van der Waals surface area (Å²) in [5.41, 5.74) is 6.31. The molecule has 1 heterocycles. The lowest BCUT2D eigenvalue weighted by molar-refractivity contribution is 0.0980. The molecule has 1 aliphatic carbocycles. The van der Waals surface area contributed by atoms with Crippen LogP contribution in [0.25, 0.3) is 0 Å². The van der Waals surface area contributed by atoms with Gasteiger partial charge in [0.1, 0.15) is 0 Å². The Morgan fingerprint density at radius 1 is 1.41 bits per heavy atom. The molecule has 2 nitrogen and oxygen atoms in total. The summed E-state index contributed by atoms with van der Waals surface area (Å²) in [6, 6.07) is 5.89. The average molecular weight is 252 g/mol. The van der Waals surface area contributed by atoms with Crippen LogP contribution < -0.4 is 5.73 Å². The van der Waals surface area contributed by atoms with Gasteiger partial charge in [-0.1, -0.05) is 18.9 Å². The second-order valence-electron chi connectivity index (χ2n) is 5.36. The zero-order valence-corrected chi connectivity index (χ0v) is 11.7. The number of hydrogen-bond donors (Lipinski definition) is 1. The zero-order valence-electron chi connectivity index (χ0n) is 10.9. The van der Waals surface area contributed by atoms with Gasteiger partial charge in [-0.05, 0) is 38.1 Å². The molecular weight excluding hydrogens is 228 g/mol. The standard InChI is InChI=1S/C14H24N2S/c1-11(2)16(10-12-6-5-9-17-12)14-8-4-3-7-13(14)15/h5-6,9,11,13-14H,3-4,7-8,10,15H2,1-2H3. The summed E-state index contributed by atoms with van der Waals surface area (Å²) < 4.78 is 0. The Morgan fingerprint density at radius 3 is 2.76 bits per heavy atom. The maximum absolute atomic E-state index is 6.31. The number of nitrogens with zero attached hydrogens (tertiary/aromatic N) is 1. The van der Waals surface area contributed by atoms with Gasteiger partial charge < -0.3 is 5.73 Å². The first-order valence-electron chi connectivity index (χ1n) is 6.72. The van der Waals surface area contributed by atoms with Crippen molar-refractivity contribution >= 4 is 11.3 Å². The van der Waals surface area contributed by atoms with Crippen LogP contribution in [0, 0.1) is 0 Å². The van der Waals surface area contributed by atoms with Gasteiger partial charge >= 0.3 is 0 Å². The number of nitrogens with two attached hydrogens (primary N) is 1. The molecule has 0 saturated heterocycles. The van der Waals surface area contributed by atoms with Crippen molar-refractivity contribution in [3.05, 3.63) is 22.4 Å². The van der Waals surface area contributed by atoms with E-state index in [1.54, 1.807) is 0 Å². The molecule has 17 heavy (non-hydrogen) atoms. The highest BCUT2D eigenvalue weighted by molar-refractivity contribution is 7.09. The third-order valence-corrected chi connectivity index (χ3v) is 4.65. The predicted molar refractivity (Wildman–Crippen MR) is 75.2 cm³/mol. The van der Waals surface area contributed by atoms with Crippen LogP contribution in [0.1, 0.15) is 44.4 Å². The van der Waals surface area contributed by atoms with E-state index in [0.29, 0.717) is 18.1 Å². The highest BCUT2D eigenvalue weighted by atomic mass is 32.1. The molecule has 1 aliphatic rings. The fourth-order valence-corrected chi connectivity index (χ4v) is 3.53. The lowest BCUT2D eigenvalue weighted by atomic mass is 9.89. The summed E-state index contributed by atoms with van der Waals surface area (Å²) >= 11 is 1.85. The van der Waals surface area contributed by atoms with E-state index in [9.17, 15) is 0 Å². The molecule has 2 atom stereocenters. The topological polar surface area (TPSA) is 29.3 Å². The molecule has 2 unspecified atom stereocenters. The van der Waals surface area contributed by atoms with Crippen molar-refractivity contribution in [1.82, 2.24) is 4.90 Å². The first-order valence-corrected chi connectivity index (χ1v) is 7.60. The molecule has 0 amide bonds. The molecule has 96 valence electrons. The second kappa shape index (κ2) is 5.98. The average Bonchev–Trinajstić information content (AvgIpc) is 2.79. The van der Waals surface area contributed by atoms with Crippen LogP contribution in [-0.4, -0.2) is 23.0 Å². The third kappa shape index (κ3) is 3.30. The van der Waals surface area contributed by atoms with Gasteiger partial charge in [-0.25, -0.2) is 0 Å². The molecule has 0 radical (unpaired) electrons. The van der Waals surface area contributed by atoms with E-state index in [1.165, 1.54) is 30.6 Å². The Morgan fingerprint density at radius 2 is 2.18 bits per heavy atom. The molecule has 3 heteroatoms. The highest BCUT2D eigenvalue weighted by Gasteiger charge is 2.29. The number of hydrogen-bond acceptors (Lipinski definition) is 3. The Labute approximate surface area is 109 Å². The molecule has 1 aromatic heterocycles. The fourth-order valence-electron chi connectivity index (χ4n) is 2.82. The normalized spacial score (nSPS) is 25.7. The van der Waals surface area contributed by atoms with Crippen LogP contribution in [0.4, 0.5) is 0 Å². The largest absolute Gasteiger partial charge is 0.326 e. The SMILES string of the molecule is CC(C)N(Cc1cccs1)C1CCCCC1N. The molecule has 0 spiro atoms. The molecule has 2 rings (SSSR count). The summed E-state index contributed by atoms with van der Waals surface area (Å²) in [6.45, 7) is 5.64. The predicted octanol–water partition coefficient (Wildman–Crippen LogP) is 3.23. The van der Waals surface area contributed by atoms with Crippen LogP contribution in [0.5, 0.6) is 0 Å². The minimum absolute atomic E-state index is 0.367. The number of thiophene rings is 1. The summed E-state index contributed by atoms with van der Waals surface area (Å²) in [5.74, 6) is 0. The highest BCUT2D eigenvalue weighted by Crippen LogP contribution is 2.26. The van der Waals surface area contributed by atoms with Crippen molar-refractivity contribution < 1.29 is 0 Å².